The Labute approximate surface area is 134 Å². The van der Waals surface area contributed by atoms with Gasteiger partial charge in [-0.2, -0.15) is 0 Å². The van der Waals surface area contributed by atoms with E-state index in [1.165, 1.54) is 26.3 Å². The molecule has 0 saturated carbocycles. The summed E-state index contributed by atoms with van der Waals surface area (Å²) in [5.41, 5.74) is 0.122. The van der Waals surface area contributed by atoms with Crippen LogP contribution in [0.25, 0.3) is 0 Å². The molecule has 0 saturated heterocycles. The smallest absolute Gasteiger partial charge is 0.306 e. The van der Waals surface area contributed by atoms with Gasteiger partial charge in [-0.15, -0.1) is 0 Å². The highest BCUT2D eigenvalue weighted by molar-refractivity contribution is 9.10. The molecule has 0 aliphatic heterocycles. The first-order valence-corrected chi connectivity index (χ1v) is 6.84. The number of hydroxylamine groups is 2. The number of amides is 2. The van der Waals surface area contributed by atoms with Crippen molar-refractivity contribution in [2.24, 2.45) is 0 Å². The van der Waals surface area contributed by atoms with E-state index in [9.17, 15) is 14.4 Å². The monoisotopic (exact) mass is 370 g/mol. The number of rotatable bonds is 2. The number of hydrogen-bond acceptors (Lipinski definition) is 4. The zero-order chi connectivity index (χ0) is 16.5. The van der Waals surface area contributed by atoms with Gasteiger partial charge in [0.25, 0.3) is 11.1 Å². The van der Waals surface area contributed by atoms with Crippen molar-refractivity contribution in [1.82, 2.24) is 15.3 Å². The molecule has 0 fully saturated rings. The summed E-state index contributed by atoms with van der Waals surface area (Å²) < 4.78 is 0.968. The van der Waals surface area contributed by atoms with Gasteiger partial charge in [0, 0.05) is 29.3 Å². The molecule has 22 heavy (non-hydrogen) atoms. The molecule has 8 nitrogen and oxygen atoms in total. The summed E-state index contributed by atoms with van der Waals surface area (Å²) in [5, 5.41) is 7.99. The highest BCUT2D eigenvalue weighted by Crippen LogP contribution is 2.14. The summed E-state index contributed by atoms with van der Waals surface area (Å²) in [4.78, 5) is 36.4. The highest BCUT2D eigenvalue weighted by atomic mass is 79.9. The van der Waals surface area contributed by atoms with E-state index in [1.54, 1.807) is 12.1 Å². The van der Waals surface area contributed by atoms with E-state index in [0.29, 0.717) is 0 Å². The van der Waals surface area contributed by atoms with Crippen LogP contribution in [0.3, 0.4) is 0 Å². The lowest BCUT2D eigenvalue weighted by atomic mass is 10.3. The lowest BCUT2D eigenvalue weighted by Crippen LogP contribution is -2.30. The predicted molar refractivity (Wildman–Crippen MR) is 85.6 cm³/mol. The topological polar surface area (TPSA) is 107 Å². The molecule has 0 unspecified atom stereocenters. The summed E-state index contributed by atoms with van der Waals surface area (Å²) in [7, 11) is 2.97. The Bertz CT molecular complexity index is 658. The molecule has 1 heterocycles. The molecule has 2 amide bonds. The number of halogens is 1. The number of aromatic amines is 2. The Morgan fingerprint density at radius 2 is 1.59 bits per heavy atom. The predicted octanol–water partition coefficient (Wildman–Crippen LogP) is 1.54. The van der Waals surface area contributed by atoms with Crippen molar-refractivity contribution in [1.29, 1.82) is 0 Å². The quantitative estimate of drug-likeness (QED) is 0.696. The van der Waals surface area contributed by atoms with E-state index < -0.39 is 0 Å². The molecular weight excluding hydrogens is 356 g/mol. The summed E-state index contributed by atoms with van der Waals surface area (Å²) in [6.45, 7) is 0. The number of carbonyl (C=O) groups is 1. The number of carbonyl (C=O) groups excluding carboxylic acids is 1. The maximum atomic E-state index is 11.3. The zero-order valence-electron chi connectivity index (χ0n) is 11.9. The van der Waals surface area contributed by atoms with Gasteiger partial charge in [-0.05, 0) is 24.3 Å². The first kappa shape index (κ1) is 17.7. The van der Waals surface area contributed by atoms with E-state index in [1.807, 2.05) is 12.1 Å². The van der Waals surface area contributed by atoms with Crippen LogP contribution in [0, 0.1) is 0 Å². The van der Waals surface area contributed by atoms with Crippen molar-refractivity contribution in [2.45, 2.75) is 0 Å². The largest absolute Gasteiger partial charge is 0.345 e. The van der Waals surface area contributed by atoms with Crippen LogP contribution in [0.15, 0.2) is 50.5 Å². The molecule has 0 aliphatic carbocycles. The van der Waals surface area contributed by atoms with Crippen molar-refractivity contribution < 1.29 is 9.63 Å². The van der Waals surface area contributed by atoms with Crippen molar-refractivity contribution in [3.05, 3.63) is 61.6 Å². The zero-order valence-corrected chi connectivity index (χ0v) is 13.5. The molecule has 2 rings (SSSR count). The fourth-order valence-corrected chi connectivity index (χ4v) is 1.44. The fourth-order valence-electron chi connectivity index (χ4n) is 1.18. The SMILES string of the molecule is CON(C)C(=O)Nc1ccc(Br)cc1.O=c1ccc(=O)[nH][nH]1. The molecule has 1 aromatic carbocycles. The van der Waals surface area contributed by atoms with Gasteiger partial charge in [0.2, 0.25) is 0 Å². The molecule has 0 radical (unpaired) electrons. The van der Waals surface area contributed by atoms with Gasteiger partial charge in [-0.1, -0.05) is 15.9 Å². The van der Waals surface area contributed by atoms with Crippen LogP contribution in [0.5, 0.6) is 0 Å². The van der Waals surface area contributed by atoms with Crippen LogP contribution in [-0.4, -0.2) is 35.4 Å². The van der Waals surface area contributed by atoms with E-state index in [-0.39, 0.29) is 17.1 Å². The van der Waals surface area contributed by atoms with Crippen LogP contribution >= 0.6 is 15.9 Å². The Hall–Kier alpha value is -2.39. The summed E-state index contributed by atoms with van der Waals surface area (Å²) in [6.07, 6.45) is 0. The van der Waals surface area contributed by atoms with Crippen LogP contribution in [0.2, 0.25) is 0 Å². The van der Waals surface area contributed by atoms with E-state index in [0.717, 1.165) is 15.2 Å². The van der Waals surface area contributed by atoms with Gasteiger partial charge in [0.05, 0.1) is 7.11 Å². The molecule has 0 atom stereocenters. The Kier molecular flexibility index (Phi) is 7.06. The average molecular weight is 371 g/mol. The van der Waals surface area contributed by atoms with Gasteiger partial charge in [-0.3, -0.25) is 24.6 Å². The second kappa shape index (κ2) is 8.80. The molecule has 9 heteroatoms. The van der Waals surface area contributed by atoms with Crippen LogP contribution < -0.4 is 16.4 Å². The Balaban J connectivity index is 0.000000255. The van der Waals surface area contributed by atoms with Gasteiger partial charge < -0.3 is 5.32 Å². The van der Waals surface area contributed by atoms with Crippen LogP contribution in [0.4, 0.5) is 10.5 Å². The van der Waals surface area contributed by atoms with E-state index in [2.05, 4.69) is 31.4 Å². The van der Waals surface area contributed by atoms with Crippen molar-refractivity contribution in [2.75, 3.05) is 19.5 Å². The first-order valence-electron chi connectivity index (χ1n) is 6.05. The normalized spacial score (nSPS) is 9.41. The minimum atomic E-state index is -0.310. The number of anilines is 1. The minimum absolute atomic E-state index is 0.301. The lowest BCUT2D eigenvalue weighted by Gasteiger charge is -2.14. The first-order chi connectivity index (χ1) is 10.4. The molecule has 0 spiro atoms. The summed E-state index contributed by atoms with van der Waals surface area (Å²) in [6, 6.07) is 9.31. The molecule has 0 aliphatic rings. The maximum Gasteiger partial charge on any atom is 0.345 e. The van der Waals surface area contributed by atoms with Gasteiger partial charge >= 0.3 is 6.03 Å². The maximum absolute atomic E-state index is 11.3. The average Bonchev–Trinajstić information content (AvgIpc) is 2.52. The van der Waals surface area contributed by atoms with Gasteiger partial charge in [-0.25, -0.2) is 9.86 Å². The second-order valence-corrected chi connectivity index (χ2v) is 4.84. The van der Waals surface area contributed by atoms with Crippen molar-refractivity contribution in [3.63, 3.8) is 0 Å². The molecule has 3 N–H and O–H groups in total. The van der Waals surface area contributed by atoms with Crippen molar-refractivity contribution in [3.8, 4) is 0 Å². The van der Waals surface area contributed by atoms with Gasteiger partial charge in [0.15, 0.2) is 0 Å². The van der Waals surface area contributed by atoms with Gasteiger partial charge in [0.1, 0.15) is 0 Å². The molecular formula is C13H15BrN4O4. The van der Waals surface area contributed by atoms with Crippen molar-refractivity contribution >= 4 is 27.6 Å². The number of nitrogens with zero attached hydrogens (tertiary/aromatic N) is 1. The molecule has 0 bridgehead atoms. The highest BCUT2D eigenvalue weighted by Gasteiger charge is 2.06. The Morgan fingerprint density at radius 3 is 2.00 bits per heavy atom. The number of benzene rings is 1. The number of H-pyrrole nitrogens is 2. The van der Waals surface area contributed by atoms with E-state index in [4.69, 9.17) is 4.84 Å². The number of urea groups is 1. The molecule has 2 aromatic rings. The number of hydrogen-bond donors (Lipinski definition) is 3. The van der Waals surface area contributed by atoms with E-state index >= 15 is 0 Å². The standard InChI is InChI=1S/C9H11BrN2O2.C4H4N2O2/c1-12(14-2)9(13)11-8-5-3-7(10)4-6-8;7-3-1-2-4(8)6-5-3/h3-6H,1-2H3,(H,11,13);1-2H,(H,5,7)(H,6,8). The second-order valence-electron chi connectivity index (χ2n) is 3.93. The minimum Gasteiger partial charge on any atom is -0.306 e. The third-order valence-corrected chi connectivity index (χ3v) is 2.88. The number of aromatic nitrogens is 2. The summed E-state index contributed by atoms with van der Waals surface area (Å²) >= 11 is 3.31. The fraction of sp³-hybridized carbons (Fsp3) is 0.154. The van der Waals surface area contributed by atoms with Crippen LogP contribution in [0.1, 0.15) is 0 Å². The Morgan fingerprint density at radius 1 is 1.09 bits per heavy atom. The third-order valence-electron chi connectivity index (χ3n) is 2.35. The lowest BCUT2D eigenvalue weighted by molar-refractivity contribution is -0.0598. The van der Waals surface area contributed by atoms with Crippen LogP contribution in [-0.2, 0) is 4.84 Å². The molecule has 118 valence electrons. The summed E-state index contributed by atoms with van der Waals surface area (Å²) in [5.74, 6) is 0. The number of nitrogens with one attached hydrogen (secondary N) is 3. The molecule has 1 aromatic heterocycles. The third kappa shape index (κ3) is 6.37.